The van der Waals surface area contributed by atoms with E-state index in [1.807, 2.05) is 7.05 Å². The Labute approximate surface area is 72.7 Å². The van der Waals surface area contributed by atoms with Gasteiger partial charge in [-0.2, -0.15) is 0 Å². The van der Waals surface area contributed by atoms with Crippen LogP contribution in [0.15, 0.2) is 0 Å². The molecule has 1 rings (SSSR count). The van der Waals surface area contributed by atoms with Crippen molar-refractivity contribution in [1.82, 2.24) is 10.6 Å². The van der Waals surface area contributed by atoms with Gasteiger partial charge < -0.3 is 15.4 Å². The Hall–Kier alpha value is -0.610. The van der Waals surface area contributed by atoms with Gasteiger partial charge in [0.1, 0.15) is 0 Å². The Kier molecular flexibility index (Phi) is 4.04. The van der Waals surface area contributed by atoms with E-state index >= 15 is 0 Å². The second kappa shape index (κ2) is 5.11. The summed E-state index contributed by atoms with van der Waals surface area (Å²) in [6.45, 7) is 2.18. The molecule has 0 bridgehead atoms. The lowest BCUT2D eigenvalue weighted by molar-refractivity contribution is -0.121. The first-order valence-corrected chi connectivity index (χ1v) is 4.34. The summed E-state index contributed by atoms with van der Waals surface area (Å²) in [6.07, 6.45) is 1.50. The first-order valence-electron chi connectivity index (χ1n) is 4.34. The Morgan fingerprint density at radius 2 is 2.50 bits per heavy atom. The smallest absolute Gasteiger partial charge is 0.221 e. The lowest BCUT2D eigenvalue weighted by atomic mass is 10.2. The molecule has 1 atom stereocenters. The fourth-order valence-corrected chi connectivity index (χ4v) is 1.19. The average Bonchev–Trinajstić information content (AvgIpc) is 2.53. The molecule has 1 amide bonds. The van der Waals surface area contributed by atoms with Gasteiger partial charge in [-0.1, -0.05) is 0 Å². The Balaban J connectivity index is 2.08. The molecule has 70 valence electrons. The van der Waals surface area contributed by atoms with Crippen molar-refractivity contribution in [3.8, 4) is 0 Å². The first kappa shape index (κ1) is 9.48. The molecule has 1 unspecified atom stereocenters. The number of hydrogen-bond acceptors (Lipinski definition) is 3. The molecule has 0 spiro atoms. The molecule has 1 aliphatic rings. The topological polar surface area (TPSA) is 50.4 Å². The Morgan fingerprint density at radius 3 is 3.08 bits per heavy atom. The number of rotatable bonds is 4. The lowest BCUT2D eigenvalue weighted by Gasteiger charge is -2.09. The van der Waals surface area contributed by atoms with E-state index in [4.69, 9.17) is 4.74 Å². The fraction of sp³-hybridized carbons (Fsp3) is 0.875. The average molecular weight is 172 g/mol. The maximum Gasteiger partial charge on any atom is 0.221 e. The van der Waals surface area contributed by atoms with Gasteiger partial charge in [0, 0.05) is 19.6 Å². The van der Waals surface area contributed by atoms with Gasteiger partial charge in [-0.25, -0.2) is 0 Å². The lowest BCUT2D eigenvalue weighted by Crippen LogP contribution is -2.36. The van der Waals surface area contributed by atoms with Crippen LogP contribution in [0.1, 0.15) is 12.8 Å². The van der Waals surface area contributed by atoms with E-state index in [9.17, 15) is 4.79 Å². The van der Waals surface area contributed by atoms with Gasteiger partial charge in [-0.05, 0) is 13.5 Å². The Bertz CT molecular complexity index is 144. The molecule has 0 aromatic carbocycles. The van der Waals surface area contributed by atoms with Crippen molar-refractivity contribution >= 4 is 5.91 Å². The Morgan fingerprint density at radius 1 is 1.67 bits per heavy atom. The van der Waals surface area contributed by atoms with Crippen molar-refractivity contribution in [2.24, 2.45) is 0 Å². The van der Waals surface area contributed by atoms with Crippen LogP contribution < -0.4 is 10.6 Å². The van der Waals surface area contributed by atoms with Crippen LogP contribution in [0.4, 0.5) is 0 Å². The molecule has 1 fully saturated rings. The summed E-state index contributed by atoms with van der Waals surface area (Å²) in [5.74, 6) is 0.111. The van der Waals surface area contributed by atoms with Crippen LogP contribution in [0.3, 0.4) is 0 Å². The molecular formula is C8H16N2O2. The van der Waals surface area contributed by atoms with E-state index in [0.717, 1.165) is 19.6 Å². The molecule has 0 aliphatic carbocycles. The van der Waals surface area contributed by atoms with Crippen LogP contribution in [-0.2, 0) is 9.53 Å². The fourth-order valence-electron chi connectivity index (χ4n) is 1.19. The number of hydrogen-bond donors (Lipinski definition) is 2. The highest BCUT2D eigenvalue weighted by Crippen LogP contribution is 2.02. The summed E-state index contributed by atoms with van der Waals surface area (Å²) in [6, 6.07) is 0.245. The van der Waals surface area contributed by atoms with Crippen molar-refractivity contribution < 1.29 is 9.53 Å². The van der Waals surface area contributed by atoms with E-state index in [2.05, 4.69) is 10.6 Å². The van der Waals surface area contributed by atoms with E-state index in [1.54, 1.807) is 0 Å². The van der Waals surface area contributed by atoms with Gasteiger partial charge in [-0.3, -0.25) is 4.79 Å². The van der Waals surface area contributed by atoms with Crippen LogP contribution in [0, 0.1) is 0 Å². The second-order valence-electron chi connectivity index (χ2n) is 2.98. The third-order valence-corrected chi connectivity index (χ3v) is 1.90. The van der Waals surface area contributed by atoms with Gasteiger partial charge >= 0.3 is 0 Å². The summed E-state index contributed by atoms with van der Waals surface area (Å²) in [5.41, 5.74) is 0. The third kappa shape index (κ3) is 3.19. The molecule has 4 nitrogen and oxygen atoms in total. The highest BCUT2D eigenvalue weighted by atomic mass is 16.5. The van der Waals surface area contributed by atoms with Crippen molar-refractivity contribution in [1.29, 1.82) is 0 Å². The maximum absolute atomic E-state index is 11.2. The van der Waals surface area contributed by atoms with Gasteiger partial charge in [-0.15, -0.1) is 0 Å². The molecule has 0 aromatic heterocycles. The summed E-state index contributed by atoms with van der Waals surface area (Å²) < 4.78 is 5.13. The molecule has 4 heteroatoms. The van der Waals surface area contributed by atoms with Crippen LogP contribution >= 0.6 is 0 Å². The molecule has 0 aromatic rings. The second-order valence-corrected chi connectivity index (χ2v) is 2.98. The van der Waals surface area contributed by atoms with Crippen molar-refractivity contribution in [2.45, 2.75) is 18.9 Å². The standard InChI is InChI=1S/C8H16N2O2/c1-9-4-2-8(11)10-7-3-5-12-6-7/h7,9H,2-6H2,1H3,(H,10,11). The van der Waals surface area contributed by atoms with Gasteiger partial charge in [0.25, 0.3) is 0 Å². The molecule has 2 N–H and O–H groups in total. The molecule has 12 heavy (non-hydrogen) atoms. The third-order valence-electron chi connectivity index (χ3n) is 1.90. The number of carbonyl (C=O) groups excluding carboxylic acids is 1. The number of ether oxygens (including phenoxy) is 1. The summed E-state index contributed by atoms with van der Waals surface area (Å²) in [5, 5.41) is 5.84. The SMILES string of the molecule is CNCCC(=O)NC1CCOC1. The largest absolute Gasteiger partial charge is 0.379 e. The number of amides is 1. The summed E-state index contributed by atoms with van der Waals surface area (Å²) in [4.78, 5) is 11.2. The highest BCUT2D eigenvalue weighted by molar-refractivity contribution is 5.76. The van der Waals surface area contributed by atoms with Crippen LogP contribution in [0.2, 0.25) is 0 Å². The van der Waals surface area contributed by atoms with E-state index in [-0.39, 0.29) is 11.9 Å². The minimum Gasteiger partial charge on any atom is -0.379 e. The van der Waals surface area contributed by atoms with Gasteiger partial charge in [0.2, 0.25) is 5.91 Å². The van der Waals surface area contributed by atoms with Gasteiger partial charge in [0.15, 0.2) is 0 Å². The van der Waals surface area contributed by atoms with Crippen LogP contribution in [-0.4, -0.2) is 38.8 Å². The number of nitrogens with one attached hydrogen (secondary N) is 2. The quantitative estimate of drug-likeness (QED) is 0.601. The molecule has 0 saturated carbocycles. The predicted octanol–water partition coefficient (Wildman–Crippen LogP) is -0.499. The minimum absolute atomic E-state index is 0.111. The van der Waals surface area contributed by atoms with E-state index in [0.29, 0.717) is 13.0 Å². The first-order chi connectivity index (χ1) is 5.83. The zero-order chi connectivity index (χ0) is 8.81. The predicted molar refractivity (Wildman–Crippen MR) is 45.9 cm³/mol. The minimum atomic E-state index is 0.111. The summed E-state index contributed by atoms with van der Waals surface area (Å²) in [7, 11) is 1.84. The van der Waals surface area contributed by atoms with Crippen LogP contribution in [0.25, 0.3) is 0 Å². The maximum atomic E-state index is 11.2. The van der Waals surface area contributed by atoms with E-state index < -0.39 is 0 Å². The molecule has 1 heterocycles. The molecule has 1 saturated heterocycles. The van der Waals surface area contributed by atoms with Crippen molar-refractivity contribution in [3.05, 3.63) is 0 Å². The van der Waals surface area contributed by atoms with Crippen molar-refractivity contribution in [2.75, 3.05) is 26.8 Å². The van der Waals surface area contributed by atoms with E-state index in [1.165, 1.54) is 0 Å². The zero-order valence-corrected chi connectivity index (χ0v) is 7.43. The normalized spacial score (nSPS) is 22.6. The molecule has 0 radical (unpaired) electrons. The molecular weight excluding hydrogens is 156 g/mol. The molecule has 1 aliphatic heterocycles. The van der Waals surface area contributed by atoms with Crippen molar-refractivity contribution in [3.63, 3.8) is 0 Å². The van der Waals surface area contributed by atoms with Gasteiger partial charge in [0.05, 0.1) is 12.6 Å². The van der Waals surface area contributed by atoms with Crippen LogP contribution in [0.5, 0.6) is 0 Å². The zero-order valence-electron chi connectivity index (χ0n) is 7.43. The highest BCUT2D eigenvalue weighted by Gasteiger charge is 2.16. The number of carbonyl (C=O) groups is 1. The summed E-state index contributed by atoms with van der Waals surface area (Å²) >= 11 is 0. The monoisotopic (exact) mass is 172 g/mol.